The minimum atomic E-state index is -0.740. The molecule has 1 rings (SSSR count). The van der Waals surface area contributed by atoms with Crippen LogP contribution in [0.2, 0.25) is 0 Å². The van der Waals surface area contributed by atoms with Gasteiger partial charge >= 0.3 is 0 Å². The molecule has 0 aromatic rings. The van der Waals surface area contributed by atoms with E-state index < -0.39 is 8.46 Å². The van der Waals surface area contributed by atoms with E-state index in [4.69, 9.17) is 0 Å². The first kappa shape index (κ1) is 10.1. The predicted octanol–water partition coefficient (Wildman–Crippen LogP) is 2.86. The molecule has 2 unspecified atom stereocenters. The molecule has 4 heteroatoms. The van der Waals surface area contributed by atoms with E-state index in [-0.39, 0.29) is 4.83 Å². The van der Waals surface area contributed by atoms with E-state index in [1.165, 1.54) is 0 Å². The van der Waals surface area contributed by atoms with Crippen molar-refractivity contribution in [1.82, 2.24) is 0 Å². The third-order valence-corrected chi connectivity index (χ3v) is 6.92. The van der Waals surface area contributed by atoms with E-state index in [0.29, 0.717) is 11.0 Å². The van der Waals surface area contributed by atoms with E-state index in [2.05, 4.69) is 43.3 Å². The molecule has 0 spiro atoms. The summed E-state index contributed by atoms with van der Waals surface area (Å²) in [7, 11) is -0.740. The van der Waals surface area contributed by atoms with Crippen LogP contribution in [0.3, 0.4) is 0 Å². The molecule has 1 saturated carbocycles. The van der Waals surface area contributed by atoms with E-state index in [1.807, 2.05) is 0 Å². The Morgan fingerprint density at radius 2 is 2.09 bits per heavy atom. The van der Waals surface area contributed by atoms with Crippen molar-refractivity contribution in [2.24, 2.45) is 0 Å². The number of hydrogen-bond donors (Lipinski definition) is 0. The zero-order valence-electron chi connectivity index (χ0n) is 6.64. The molecule has 0 aliphatic heterocycles. The van der Waals surface area contributed by atoms with Gasteiger partial charge in [-0.1, -0.05) is 15.9 Å². The normalized spacial score (nSPS) is 34.4. The maximum Gasteiger partial charge on any atom is 0.147 e. The lowest BCUT2D eigenvalue weighted by atomic mass is 10.3. The van der Waals surface area contributed by atoms with Crippen LogP contribution in [-0.4, -0.2) is 28.4 Å². The first-order chi connectivity index (χ1) is 4.93. The van der Waals surface area contributed by atoms with Crippen molar-refractivity contribution in [2.75, 3.05) is 12.5 Å². The lowest BCUT2D eigenvalue weighted by Gasteiger charge is -2.32. The highest BCUT2D eigenvalue weighted by Crippen LogP contribution is 2.58. The van der Waals surface area contributed by atoms with Crippen molar-refractivity contribution in [3.63, 3.8) is 0 Å². The average Bonchev–Trinajstić information content (AvgIpc) is 2.11. The number of ketones is 1. The first-order valence-corrected chi connectivity index (χ1v) is 8.78. The second-order valence-electron chi connectivity index (χ2n) is 3.22. The summed E-state index contributed by atoms with van der Waals surface area (Å²) in [6.07, 6.45) is 6.19. The summed E-state index contributed by atoms with van der Waals surface area (Å²) in [6.45, 7) is 0. The van der Waals surface area contributed by atoms with E-state index >= 15 is 0 Å². The Kier molecular flexibility index (Phi) is 3.09. The molecule has 66 valence electrons. The summed E-state index contributed by atoms with van der Waals surface area (Å²) in [5.41, 5.74) is 0. The van der Waals surface area contributed by atoms with Crippen LogP contribution >= 0.6 is 39.2 Å². The smallest absolute Gasteiger partial charge is 0.147 e. The van der Waals surface area contributed by atoms with Gasteiger partial charge in [0, 0.05) is 11.7 Å². The largest absolute Gasteiger partial charge is 0.298 e. The van der Waals surface area contributed by atoms with Crippen molar-refractivity contribution < 1.29 is 4.79 Å². The molecule has 1 fully saturated rings. The highest BCUT2D eigenvalue weighted by Gasteiger charge is 2.38. The highest BCUT2D eigenvalue weighted by molar-refractivity contribution is 9.58. The molecule has 0 radical (unpaired) electrons. The highest BCUT2D eigenvalue weighted by atomic mass is 79.9. The summed E-state index contributed by atoms with van der Waals surface area (Å²) < 4.78 is 0. The summed E-state index contributed by atoms with van der Waals surface area (Å²) in [6, 6.07) is 0. The van der Waals surface area contributed by atoms with Crippen LogP contribution in [0, 0.1) is 0 Å². The standard InChI is InChI=1S/C7H12Br2OS/c1-11(2,9)6-4-3-5(10)7(6)8/h6-7H,3-4H2,1-2H3. The predicted molar refractivity (Wildman–Crippen MR) is 59.1 cm³/mol. The fraction of sp³-hybridized carbons (Fsp3) is 0.857. The van der Waals surface area contributed by atoms with E-state index in [0.717, 1.165) is 12.8 Å². The second-order valence-corrected chi connectivity index (χ2v) is 12.4. The van der Waals surface area contributed by atoms with E-state index in [1.54, 1.807) is 0 Å². The van der Waals surface area contributed by atoms with Crippen molar-refractivity contribution >= 4 is 45.0 Å². The van der Waals surface area contributed by atoms with Crippen LogP contribution in [0.5, 0.6) is 0 Å². The number of rotatable bonds is 1. The maximum absolute atomic E-state index is 11.2. The quantitative estimate of drug-likeness (QED) is 0.681. The monoisotopic (exact) mass is 302 g/mol. The van der Waals surface area contributed by atoms with Gasteiger partial charge in [0.25, 0.3) is 0 Å². The zero-order chi connectivity index (χ0) is 8.65. The molecule has 0 aromatic carbocycles. The van der Waals surface area contributed by atoms with Crippen LogP contribution in [0.15, 0.2) is 0 Å². The molecule has 0 amide bonds. The molecule has 11 heavy (non-hydrogen) atoms. The molecule has 0 heterocycles. The minimum absolute atomic E-state index is 0.104. The third kappa shape index (κ3) is 2.22. The minimum Gasteiger partial charge on any atom is -0.298 e. The number of carbonyl (C=O) groups excluding carboxylic acids is 1. The summed E-state index contributed by atoms with van der Waals surface area (Å²) in [5.74, 6) is 0.370. The average molecular weight is 304 g/mol. The lowest BCUT2D eigenvalue weighted by molar-refractivity contribution is -0.116. The number of alkyl halides is 1. The molecule has 1 aliphatic carbocycles. The Labute approximate surface area is 85.0 Å². The lowest BCUT2D eigenvalue weighted by Crippen LogP contribution is -2.21. The van der Waals surface area contributed by atoms with Gasteiger partial charge in [-0.2, -0.15) is 8.46 Å². The van der Waals surface area contributed by atoms with Gasteiger partial charge in [-0.3, -0.25) is 4.79 Å². The van der Waals surface area contributed by atoms with Gasteiger partial charge in [-0.05, 0) is 33.7 Å². The number of carbonyl (C=O) groups is 1. The molecule has 0 saturated heterocycles. The first-order valence-electron chi connectivity index (χ1n) is 3.51. The SMILES string of the molecule is CS(C)(Br)C1CCC(=O)C1Br. The maximum atomic E-state index is 11.2. The Hall–Kier alpha value is 0.980. The van der Waals surface area contributed by atoms with Crippen LogP contribution < -0.4 is 0 Å². The molecule has 0 N–H and O–H groups in total. The van der Waals surface area contributed by atoms with E-state index in [9.17, 15) is 4.79 Å². The van der Waals surface area contributed by atoms with Gasteiger partial charge < -0.3 is 0 Å². The van der Waals surface area contributed by atoms with Crippen LogP contribution in [0.25, 0.3) is 0 Å². The zero-order valence-corrected chi connectivity index (χ0v) is 10.6. The van der Waals surface area contributed by atoms with Crippen LogP contribution in [0.1, 0.15) is 12.8 Å². The topological polar surface area (TPSA) is 17.1 Å². The fourth-order valence-corrected chi connectivity index (χ4v) is 6.93. The number of Topliss-reactive ketones (excluding diaryl/α,β-unsaturated/α-hetero) is 1. The molecular weight excluding hydrogens is 292 g/mol. The molecular formula is C7H12Br2OS. The van der Waals surface area contributed by atoms with Gasteiger partial charge in [-0.25, -0.2) is 0 Å². The number of hydrogen-bond acceptors (Lipinski definition) is 1. The number of halogens is 2. The van der Waals surface area contributed by atoms with Crippen LogP contribution in [-0.2, 0) is 4.79 Å². The Morgan fingerprint density at radius 1 is 1.55 bits per heavy atom. The van der Waals surface area contributed by atoms with Gasteiger partial charge in [0.2, 0.25) is 0 Å². The van der Waals surface area contributed by atoms with Crippen molar-refractivity contribution in [1.29, 1.82) is 0 Å². The van der Waals surface area contributed by atoms with Gasteiger partial charge in [0.1, 0.15) is 5.78 Å². The van der Waals surface area contributed by atoms with Crippen molar-refractivity contribution in [3.05, 3.63) is 0 Å². The van der Waals surface area contributed by atoms with Crippen molar-refractivity contribution in [3.8, 4) is 0 Å². The fourth-order valence-electron chi connectivity index (χ4n) is 1.34. The molecule has 1 aliphatic rings. The van der Waals surface area contributed by atoms with Crippen LogP contribution in [0.4, 0.5) is 0 Å². The molecule has 0 aromatic heterocycles. The third-order valence-electron chi connectivity index (χ3n) is 2.03. The Bertz CT molecular complexity index is 176. The Morgan fingerprint density at radius 3 is 2.27 bits per heavy atom. The van der Waals surface area contributed by atoms with Gasteiger partial charge in [-0.15, -0.1) is 0 Å². The summed E-state index contributed by atoms with van der Waals surface area (Å²) >= 11 is 7.12. The molecule has 2 atom stereocenters. The second kappa shape index (κ2) is 3.38. The summed E-state index contributed by atoms with van der Waals surface area (Å²) in [4.78, 5) is 11.3. The van der Waals surface area contributed by atoms with Gasteiger partial charge in [0.05, 0.1) is 4.83 Å². The summed E-state index contributed by atoms with van der Waals surface area (Å²) in [5, 5.41) is 0.523. The molecule has 0 bridgehead atoms. The molecule has 1 nitrogen and oxygen atoms in total. The Balaban J connectivity index is 2.70. The van der Waals surface area contributed by atoms with Gasteiger partial charge in [0.15, 0.2) is 0 Å². The van der Waals surface area contributed by atoms with Crippen molar-refractivity contribution in [2.45, 2.75) is 22.9 Å².